The number of amides is 3. The van der Waals surface area contributed by atoms with Crippen LogP contribution >= 0.6 is 45.8 Å². The van der Waals surface area contributed by atoms with E-state index in [0.29, 0.717) is 94.9 Å². The zero-order chi connectivity index (χ0) is 86.2. The summed E-state index contributed by atoms with van der Waals surface area (Å²) in [6, 6.07) is 24.1. The number of likely N-dealkylation sites (N-methyl/N-ethyl adjacent to an activating group) is 3. The highest BCUT2D eigenvalue weighted by atomic mass is 127. The minimum atomic E-state index is -1.76. The molecule has 3 saturated heterocycles. The highest BCUT2D eigenvalue weighted by Crippen LogP contribution is 2.42. The lowest BCUT2D eigenvalue weighted by Crippen LogP contribution is -2.41. The second-order valence-electron chi connectivity index (χ2n) is 28.1. The van der Waals surface area contributed by atoms with Crippen LogP contribution in [0.2, 0.25) is 10.0 Å². The fraction of sp³-hybridized carbons (Fsp3) is 0.346. The van der Waals surface area contributed by atoms with Gasteiger partial charge in [-0.15, -0.1) is 0 Å². The molecule has 0 aliphatic carbocycles. The summed E-state index contributed by atoms with van der Waals surface area (Å²) >= 11 is 13.6. The van der Waals surface area contributed by atoms with Crippen molar-refractivity contribution in [1.29, 1.82) is 10.5 Å². The van der Waals surface area contributed by atoms with Gasteiger partial charge in [-0.3, -0.25) is 14.4 Å². The summed E-state index contributed by atoms with van der Waals surface area (Å²) in [6.07, 6.45) is 10.6. The Balaban J connectivity index is 0.000000165. The smallest absolute Gasteiger partial charge is 0.494 e. The fourth-order valence-electron chi connectivity index (χ4n) is 12.0. The van der Waals surface area contributed by atoms with Gasteiger partial charge in [0.2, 0.25) is 0 Å². The van der Waals surface area contributed by atoms with E-state index < -0.39 is 42.9 Å². The molecule has 30 nitrogen and oxygen atoms in total. The van der Waals surface area contributed by atoms with Crippen molar-refractivity contribution < 1.29 is 104 Å². The number of ether oxygens (including phenoxy) is 6. The Labute approximate surface area is 705 Å². The number of hydrogen-bond donors (Lipinski definition) is 5. The van der Waals surface area contributed by atoms with Gasteiger partial charge < -0.3 is 91.0 Å². The monoisotopic (exact) mass is 1790 g/mol. The maximum absolute atomic E-state index is 15.2. The van der Waals surface area contributed by atoms with Crippen molar-refractivity contribution in [3.63, 3.8) is 0 Å². The number of halogens is 6. The molecular formula is C81H83B2Cl2F3IN11O19. The molecule has 624 valence electrons. The van der Waals surface area contributed by atoms with Gasteiger partial charge in [-0.05, 0) is 116 Å². The van der Waals surface area contributed by atoms with E-state index in [1.54, 1.807) is 63.7 Å². The Bertz CT molecular complexity index is 5530. The number of aliphatic hydroxyl groups is 3. The molecular weight excluding hydrogens is 1710 g/mol. The van der Waals surface area contributed by atoms with Crippen LogP contribution in [0, 0.1) is 50.7 Å². The summed E-state index contributed by atoms with van der Waals surface area (Å²) in [5, 5.41) is 63.2. The molecule has 38 heteroatoms. The van der Waals surface area contributed by atoms with Crippen LogP contribution in [0.3, 0.4) is 0 Å². The van der Waals surface area contributed by atoms with E-state index in [4.69, 9.17) is 99.6 Å². The third-order valence-electron chi connectivity index (χ3n) is 19.3. The lowest BCUT2D eigenvalue weighted by molar-refractivity contribution is 0.00578. The van der Waals surface area contributed by atoms with Gasteiger partial charge in [0.25, 0.3) is 17.7 Å². The van der Waals surface area contributed by atoms with Crippen molar-refractivity contribution in [3.05, 3.63) is 175 Å². The number of fused-ring (bicyclic) bond motifs is 3. The zero-order valence-corrected chi connectivity index (χ0v) is 69.9. The Kier molecular flexibility index (Phi) is 31.2. The zero-order valence-electron chi connectivity index (χ0n) is 66.2. The number of carbonyl (C=O) groups is 3. The maximum atomic E-state index is 15.2. The predicted molar refractivity (Wildman–Crippen MR) is 441 cm³/mol. The predicted octanol–water partition coefficient (Wildman–Crippen LogP) is 10.7. The average molecular weight is 1790 g/mol. The molecule has 0 atom stereocenters. The largest absolute Gasteiger partial charge is 0.526 e. The summed E-state index contributed by atoms with van der Waals surface area (Å²) in [4.78, 5) is 65.4. The number of nitriles is 2. The molecule has 11 aromatic rings. The number of rotatable bonds is 20. The Morgan fingerprint density at radius 3 is 1.42 bits per heavy atom. The first-order chi connectivity index (χ1) is 56.9. The second kappa shape index (κ2) is 40.9. The molecule has 14 rings (SSSR count). The van der Waals surface area contributed by atoms with Gasteiger partial charge in [-0.2, -0.15) is 10.5 Å². The van der Waals surface area contributed by atoms with Crippen molar-refractivity contribution in [2.45, 2.75) is 83.7 Å². The third-order valence-corrected chi connectivity index (χ3v) is 21.2. The molecule has 119 heavy (non-hydrogen) atoms. The molecule has 3 fully saturated rings. The lowest BCUT2D eigenvalue weighted by atomic mass is 9.78. The van der Waals surface area contributed by atoms with Gasteiger partial charge >= 0.3 is 14.2 Å². The highest BCUT2D eigenvalue weighted by Gasteiger charge is 2.52. The van der Waals surface area contributed by atoms with Crippen molar-refractivity contribution in [2.24, 2.45) is 0 Å². The van der Waals surface area contributed by atoms with Crippen LogP contribution in [0.4, 0.5) is 13.2 Å². The van der Waals surface area contributed by atoms with Gasteiger partial charge in [0, 0.05) is 103 Å². The summed E-state index contributed by atoms with van der Waals surface area (Å²) in [5.41, 5.74) is 5.29. The minimum absolute atomic E-state index is 0.00904. The summed E-state index contributed by atoms with van der Waals surface area (Å²) in [7, 11) is 5.43. The van der Waals surface area contributed by atoms with Gasteiger partial charge in [0.05, 0.1) is 124 Å². The van der Waals surface area contributed by atoms with E-state index in [0.717, 1.165) is 59.0 Å². The number of aliphatic hydroxyl groups excluding tert-OH is 3. The second-order valence-corrected chi connectivity index (χ2v) is 29.9. The fourth-order valence-corrected chi connectivity index (χ4v) is 12.7. The van der Waals surface area contributed by atoms with Gasteiger partial charge in [-0.25, -0.2) is 43.1 Å². The van der Waals surface area contributed by atoms with Gasteiger partial charge in [0.1, 0.15) is 94.7 Å². The first kappa shape index (κ1) is 90.7. The Hall–Kier alpha value is -10.6. The average Bonchev–Trinajstić information content (AvgIpc) is 1.65. The minimum Gasteiger partial charge on any atom is -0.494 e. The van der Waals surface area contributed by atoms with Crippen molar-refractivity contribution in [2.75, 3.05) is 101 Å². The highest BCUT2D eigenvalue weighted by molar-refractivity contribution is 14.1. The van der Waals surface area contributed by atoms with Crippen LogP contribution in [0.25, 0.3) is 67.3 Å². The quantitative estimate of drug-likeness (QED) is 0.0269. The van der Waals surface area contributed by atoms with Crippen LogP contribution in [0.1, 0.15) is 101 Å². The van der Waals surface area contributed by atoms with Crippen LogP contribution in [-0.2, 0) is 18.8 Å². The van der Waals surface area contributed by atoms with E-state index in [2.05, 4.69) is 64.6 Å². The molecule has 9 aromatic heterocycles. The number of furan rings is 3. The number of methoxy groups -OCH3 is 2. The van der Waals surface area contributed by atoms with Crippen molar-refractivity contribution in [1.82, 2.24) is 44.6 Å². The number of nitrogens with zero attached hydrogens (tertiary/aromatic N) is 11. The molecule has 0 saturated carbocycles. The molecule has 5 N–H and O–H groups in total. The SMILES string of the molecule is CC1(C)OB(c2ccc(OC3CCOCC3)c(C#N)c2)OC1(C)C.COc1cc(C(=O)N(C)CCO)cnc1-c1cc2ncc(F)c(-c3ccc(OC4CCOCC4)c(C#N)c3)c2o1.COc1cc(C(=O)N(C)CCO)cnc1-c1cc2ncc(F)c(Cl)c2o1.Cc1cc(C(=O)N(C)CCO)cnc1I.OB(O)c1cc2ncc(F)c(Cl)c2o1. The molecule has 0 radical (unpaired) electrons. The molecule has 3 aliphatic rings. The molecule has 3 aliphatic heterocycles. The van der Waals surface area contributed by atoms with E-state index in [-0.39, 0.29) is 135 Å². The van der Waals surface area contributed by atoms with Crippen LogP contribution < -0.4 is 30.1 Å². The van der Waals surface area contributed by atoms with Crippen molar-refractivity contribution in [3.8, 4) is 69.2 Å². The summed E-state index contributed by atoms with van der Waals surface area (Å²) < 4.78 is 105. The Morgan fingerprint density at radius 2 is 0.975 bits per heavy atom. The molecule has 0 unspecified atom stereocenters. The normalized spacial score (nSPS) is 14.2. The topological polar surface area (TPSA) is 400 Å². The van der Waals surface area contributed by atoms with Crippen LogP contribution in [0.15, 0.2) is 123 Å². The van der Waals surface area contributed by atoms with Crippen LogP contribution in [0.5, 0.6) is 23.0 Å². The number of aromatic nitrogens is 6. The van der Waals surface area contributed by atoms with Crippen molar-refractivity contribution >= 4 is 122 Å². The van der Waals surface area contributed by atoms with E-state index in [1.165, 1.54) is 59.5 Å². The molecule has 12 heterocycles. The number of carbonyl (C=O) groups excluding carboxylic acids is 3. The Morgan fingerprint density at radius 1 is 0.563 bits per heavy atom. The standard InChI is InChI=1S/C29H27FN4O6.C18H24BNO4.C17H15ClFN3O4.C10H13IN2O2.C7H4BClFNO3/c1-34(7-8-35)29(36)19-12-24(37-2)27(33-15-19)25-13-22-28(40-25)26(21(30)16-32-22)17-3-4-23(18(11-17)14-31)39-20-5-9-38-10-6-20;1-17(2)18(3,4)24-19(23-17)14-5-6-16(13(11-14)12-20)22-15-7-9-21-10-8-15;1-22(3-4-23)17(24)9-5-12(25-2)15(21-7-9)13-6-11-16(26-13)14(18)10(19)8-20-11;1-7-5-8(6-12-9(7)11)10(15)13(2)3-4-14;9-6-3(10)2-11-4-1-5(8(12)13)14-7(4)6/h3-4,11-13,15-16,20,35H,5-10H2,1-2H3;5-6,11,15H,7-10H2,1-4H3;5-8,23H,3-4H2,1-2H3;5-6,14H,3-4H2,1-2H3;1-2,12-13H. The summed E-state index contributed by atoms with van der Waals surface area (Å²) in [6.45, 7) is 13.0. The number of benzene rings is 2. The molecule has 2 aromatic carbocycles. The van der Waals surface area contributed by atoms with E-state index in [9.17, 15) is 33.7 Å². The summed E-state index contributed by atoms with van der Waals surface area (Å²) in [5.74, 6) is -0.642. The number of aryl methyl sites for hydroxylation is 1. The lowest BCUT2D eigenvalue weighted by Gasteiger charge is -2.32. The van der Waals surface area contributed by atoms with Crippen LogP contribution in [-0.4, -0.2) is 227 Å². The molecule has 3 amide bonds. The maximum Gasteiger partial charge on any atom is 0.526 e. The molecule has 0 bridgehead atoms. The first-order valence-electron chi connectivity index (χ1n) is 37.0. The number of hydrogen-bond acceptors (Lipinski definition) is 27. The van der Waals surface area contributed by atoms with Gasteiger partial charge in [0.15, 0.2) is 45.7 Å². The number of pyridine rings is 6. The van der Waals surface area contributed by atoms with E-state index >= 15 is 4.39 Å². The first-order valence-corrected chi connectivity index (χ1v) is 38.8. The third kappa shape index (κ3) is 21.9. The van der Waals surface area contributed by atoms with Gasteiger partial charge in [-0.1, -0.05) is 35.3 Å². The van der Waals surface area contributed by atoms with E-state index in [1.807, 2.05) is 52.8 Å². The molecule has 0 spiro atoms.